The summed E-state index contributed by atoms with van der Waals surface area (Å²) in [7, 11) is 0. The van der Waals surface area contributed by atoms with E-state index in [9.17, 15) is 9.18 Å². The lowest BCUT2D eigenvalue weighted by molar-refractivity contribution is -0.114. The number of para-hydroxylation sites is 1. The van der Waals surface area contributed by atoms with Gasteiger partial charge in [0, 0.05) is 15.3 Å². The maximum absolute atomic E-state index is 12.9. The van der Waals surface area contributed by atoms with Crippen molar-refractivity contribution in [3.8, 4) is 5.75 Å². The van der Waals surface area contributed by atoms with Gasteiger partial charge in [0.2, 0.25) is 5.91 Å². The number of anilines is 2. The van der Waals surface area contributed by atoms with Gasteiger partial charge in [-0.3, -0.25) is 4.79 Å². The van der Waals surface area contributed by atoms with E-state index in [1.54, 1.807) is 12.1 Å². The van der Waals surface area contributed by atoms with Gasteiger partial charge in [-0.25, -0.2) is 4.39 Å². The molecule has 0 radical (unpaired) electrons. The number of carbonyl (C=O) groups excluding carboxylic acids is 1. The summed E-state index contributed by atoms with van der Waals surface area (Å²) in [5, 5.41) is 5.96. The number of carbonyl (C=O) groups is 1. The Kier molecular flexibility index (Phi) is 6.64. The molecule has 0 bridgehead atoms. The van der Waals surface area contributed by atoms with E-state index in [1.165, 1.54) is 12.1 Å². The van der Waals surface area contributed by atoms with Crippen LogP contribution in [0.15, 0.2) is 72.8 Å². The zero-order chi connectivity index (χ0) is 19.1. The highest BCUT2D eigenvalue weighted by atomic mass is 127. The Morgan fingerprint density at radius 2 is 1.78 bits per heavy atom. The molecular weight excluding hydrogens is 458 g/mol. The molecule has 27 heavy (non-hydrogen) atoms. The van der Waals surface area contributed by atoms with Gasteiger partial charge >= 0.3 is 0 Å². The van der Waals surface area contributed by atoms with Gasteiger partial charge in [0.25, 0.3) is 0 Å². The molecule has 0 saturated carbocycles. The van der Waals surface area contributed by atoms with Crippen molar-refractivity contribution < 1.29 is 13.9 Å². The molecule has 6 heteroatoms. The number of hydrogen-bond acceptors (Lipinski definition) is 3. The Morgan fingerprint density at radius 3 is 2.56 bits per heavy atom. The molecule has 2 N–H and O–H groups in total. The average molecular weight is 476 g/mol. The van der Waals surface area contributed by atoms with Crippen molar-refractivity contribution in [1.82, 2.24) is 0 Å². The van der Waals surface area contributed by atoms with Crippen LogP contribution in [0.1, 0.15) is 5.56 Å². The van der Waals surface area contributed by atoms with E-state index in [0.717, 1.165) is 20.5 Å². The number of hydrogen-bond donors (Lipinski definition) is 2. The summed E-state index contributed by atoms with van der Waals surface area (Å²) in [5.74, 6) is 0.271. The van der Waals surface area contributed by atoms with E-state index in [2.05, 4.69) is 33.2 Å². The van der Waals surface area contributed by atoms with Crippen LogP contribution in [0.5, 0.6) is 5.75 Å². The summed E-state index contributed by atoms with van der Waals surface area (Å²) >= 11 is 2.18. The van der Waals surface area contributed by atoms with Crippen LogP contribution in [0, 0.1) is 9.39 Å². The minimum Gasteiger partial charge on any atom is -0.489 e. The highest BCUT2D eigenvalue weighted by Crippen LogP contribution is 2.19. The van der Waals surface area contributed by atoms with E-state index >= 15 is 0 Å². The fourth-order valence-corrected chi connectivity index (χ4v) is 2.90. The largest absolute Gasteiger partial charge is 0.489 e. The molecule has 4 nitrogen and oxygen atoms in total. The second kappa shape index (κ2) is 9.36. The molecule has 1 amide bonds. The number of ether oxygens (including phenoxy) is 1. The van der Waals surface area contributed by atoms with E-state index in [4.69, 9.17) is 4.74 Å². The van der Waals surface area contributed by atoms with Gasteiger partial charge in [-0.15, -0.1) is 0 Å². The molecule has 3 rings (SSSR count). The van der Waals surface area contributed by atoms with Crippen LogP contribution in [-0.4, -0.2) is 12.5 Å². The summed E-state index contributed by atoms with van der Waals surface area (Å²) in [4.78, 5) is 12.1. The summed E-state index contributed by atoms with van der Waals surface area (Å²) in [6.45, 7) is 0.489. The molecule has 0 spiro atoms. The van der Waals surface area contributed by atoms with Gasteiger partial charge in [0.1, 0.15) is 18.2 Å². The second-order valence-electron chi connectivity index (χ2n) is 5.82. The molecule has 0 saturated heterocycles. The monoisotopic (exact) mass is 476 g/mol. The molecule has 0 unspecified atom stereocenters. The van der Waals surface area contributed by atoms with Crippen molar-refractivity contribution in [3.05, 3.63) is 87.7 Å². The molecular formula is C21H18FIN2O2. The van der Waals surface area contributed by atoms with Crippen LogP contribution in [0.4, 0.5) is 15.8 Å². The van der Waals surface area contributed by atoms with Gasteiger partial charge in [-0.1, -0.05) is 30.3 Å². The maximum atomic E-state index is 12.9. The molecule has 138 valence electrons. The number of amides is 1. The van der Waals surface area contributed by atoms with Crippen LogP contribution >= 0.6 is 22.6 Å². The second-order valence-corrected chi connectivity index (χ2v) is 6.99. The predicted octanol–water partition coefficient (Wildman–Crippen LogP) is 5.06. The van der Waals surface area contributed by atoms with Gasteiger partial charge in [-0.05, 0) is 64.6 Å². The van der Waals surface area contributed by atoms with Crippen molar-refractivity contribution >= 4 is 39.9 Å². The van der Waals surface area contributed by atoms with Gasteiger partial charge in [-0.2, -0.15) is 0 Å². The first-order chi connectivity index (χ1) is 13.1. The van der Waals surface area contributed by atoms with E-state index in [1.807, 2.05) is 48.5 Å². The molecule has 3 aromatic carbocycles. The quantitative estimate of drug-likeness (QED) is 0.469. The fraction of sp³-hybridized carbons (Fsp3) is 0.0952. The Morgan fingerprint density at radius 1 is 1.00 bits per heavy atom. The molecule has 0 atom stereocenters. The van der Waals surface area contributed by atoms with Crippen LogP contribution in [0.2, 0.25) is 0 Å². The summed E-state index contributed by atoms with van der Waals surface area (Å²) in [6.07, 6.45) is 0. The van der Waals surface area contributed by atoms with E-state index < -0.39 is 0 Å². The summed E-state index contributed by atoms with van der Waals surface area (Å²) in [5.41, 5.74) is 2.46. The Labute approximate surface area is 170 Å². The average Bonchev–Trinajstić information content (AvgIpc) is 2.68. The zero-order valence-corrected chi connectivity index (χ0v) is 16.6. The number of rotatable bonds is 7. The maximum Gasteiger partial charge on any atom is 0.243 e. The third-order valence-electron chi connectivity index (χ3n) is 3.75. The van der Waals surface area contributed by atoms with Crippen molar-refractivity contribution in [1.29, 1.82) is 0 Å². The van der Waals surface area contributed by atoms with Crippen LogP contribution in [-0.2, 0) is 11.4 Å². The van der Waals surface area contributed by atoms with Crippen molar-refractivity contribution in [2.45, 2.75) is 6.61 Å². The minimum absolute atomic E-state index is 0.128. The van der Waals surface area contributed by atoms with Crippen LogP contribution < -0.4 is 15.4 Å². The molecule has 3 aromatic rings. The lowest BCUT2D eigenvalue weighted by Crippen LogP contribution is -2.22. The summed E-state index contributed by atoms with van der Waals surface area (Å²) in [6, 6.07) is 21.2. The predicted molar refractivity (Wildman–Crippen MR) is 113 cm³/mol. The molecule has 0 aromatic heterocycles. The highest BCUT2D eigenvalue weighted by Gasteiger charge is 2.05. The number of benzene rings is 3. The van der Waals surface area contributed by atoms with Gasteiger partial charge in [0.05, 0.1) is 12.2 Å². The number of nitrogens with one attached hydrogen (secondary N) is 2. The molecule has 0 fully saturated rings. The standard InChI is InChI=1S/C21H18FIN2O2/c22-16-10-8-15(9-11-16)14-27-18-5-3-4-17(12-18)24-13-21(26)25-20-7-2-1-6-19(20)23/h1-12,24H,13-14H2,(H,25,26). The highest BCUT2D eigenvalue weighted by molar-refractivity contribution is 14.1. The third-order valence-corrected chi connectivity index (χ3v) is 4.69. The Bertz CT molecular complexity index is 916. The lowest BCUT2D eigenvalue weighted by atomic mass is 10.2. The summed E-state index contributed by atoms with van der Waals surface area (Å²) < 4.78 is 19.6. The molecule has 0 aliphatic heterocycles. The minimum atomic E-state index is -0.270. The van der Waals surface area contributed by atoms with Crippen molar-refractivity contribution in [2.75, 3.05) is 17.2 Å². The van der Waals surface area contributed by atoms with E-state index in [-0.39, 0.29) is 18.3 Å². The topological polar surface area (TPSA) is 50.4 Å². The Balaban J connectivity index is 1.52. The number of halogens is 2. The third kappa shape index (κ3) is 5.96. The van der Waals surface area contributed by atoms with Crippen LogP contribution in [0.25, 0.3) is 0 Å². The zero-order valence-electron chi connectivity index (χ0n) is 14.4. The van der Waals surface area contributed by atoms with Crippen molar-refractivity contribution in [2.24, 2.45) is 0 Å². The van der Waals surface area contributed by atoms with E-state index in [0.29, 0.717) is 12.4 Å². The first kappa shape index (κ1) is 19.2. The van der Waals surface area contributed by atoms with Crippen molar-refractivity contribution in [3.63, 3.8) is 0 Å². The molecule has 0 heterocycles. The van der Waals surface area contributed by atoms with Crippen LogP contribution in [0.3, 0.4) is 0 Å². The SMILES string of the molecule is O=C(CNc1cccc(OCc2ccc(F)cc2)c1)Nc1ccccc1I. The van der Waals surface area contributed by atoms with Gasteiger partial charge in [0.15, 0.2) is 0 Å². The normalized spacial score (nSPS) is 10.3. The lowest BCUT2D eigenvalue weighted by Gasteiger charge is -2.11. The van der Waals surface area contributed by atoms with Gasteiger partial charge < -0.3 is 15.4 Å². The fourth-order valence-electron chi connectivity index (χ4n) is 2.38. The smallest absolute Gasteiger partial charge is 0.243 e. The molecule has 0 aliphatic carbocycles. The first-order valence-corrected chi connectivity index (χ1v) is 9.43. The first-order valence-electron chi connectivity index (χ1n) is 8.36. The Hall–Kier alpha value is -2.61. The molecule has 0 aliphatic rings.